The van der Waals surface area contributed by atoms with Gasteiger partial charge < -0.3 is 4.74 Å². The van der Waals surface area contributed by atoms with Gasteiger partial charge >= 0.3 is 0 Å². The van der Waals surface area contributed by atoms with Gasteiger partial charge in [0.1, 0.15) is 11.4 Å². The number of rotatable bonds is 7. The van der Waals surface area contributed by atoms with Crippen LogP contribution in [-0.4, -0.2) is 26.9 Å². The molecule has 0 bridgehead atoms. The average molecular weight is 338 g/mol. The van der Waals surface area contributed by atoms with Crippen LogP contribution in [0.5, 0.6) is 5.75 Å². The lowest BCUT2D eigenvalue weighted by atomic mass is 10.2. The molecule has 0 unspecified atom stereocenters. The Labute approximate surface area is 145 Å². The molecule has 122 valence electrons. The second-order valence-corrected chi connectivity index (χ2v) is 6.00. The van der Waals surface area contributed by atoms with Gasteiger partial charge in [0.15, 0.2) is 11.0 Å². The van der Waals surface area contributed by atoms with Crippen LogP contribution in [0.3, 0.4) is 0 Å². The molecule has 1 aromatic carbocycles. The summed E-state index contributed by atoms with van der Waals surface area (Å²) >= 11 is 1.63. The summed E-state index contributed by atoms with van der Waals surface area (Å²) < 4.78 is 7.30. The summed E-state index contributed by atoms with van der Waals surface area (Å²) in [5.41, 5.74) is 1.98. The molecule has 0 aliphatic rings. The highest BCUT2D eigenvalue weighted by atomic mass is 32.2. The lowest BCUT2D eigenvalue weighted by Gasteiger charge is -2.08. The number of thioether (sulfide) groups is 1. The van der Waals surface area contributed by atoms with Crippen molar-refractivity contribution in [1.82, 2.24) is 19.7 Å². The van der Waals surface area contributed by atoms with Gasteiger partial charge in [0.2, 0.25) is 0 Å². The molecule has 0 aliphatic heterocycles. The lowest BCUT2D eigenvalue weighted by molar-refractivity contribution is 0.414. The molecule has 6 heteroatoms. The van der Waals surface area contributed by atoms with Gasteiger partial charge in [-0.05, 0) is 29.8 Å². The maximum Gasteiger partial charge on any atom is 0.192 e. The maximum absolute atomic E-state index is 5.27. The summed E-state index contributed by atoms with van der Waals surface area (Å²) in [7, 11) is 1.67. The van der Waals surface area contributed by atoms with Crippen molar-refractivity contribution >= 4 is 11.8 Å². The van der Waals surface area contributed by atoms with E-state index >= 15 is 0 Å². The molecule has 0 N–H and O–H groups in total. The summed E-state index contributed by atoms with van der Waals surface area (Å²) in [6.07, 6.45) is 3.59. The van der Waals surface area contributed by atoms with Crippen LogP contribution < -0.4 is 4.74 Å². The van der Waals surface area contributed by atoms with Crippen molar-refractivity contribution in [3.8, 4) is 17.3 Å². The van der Waals surface area contributed by atoms with Gasteiger partial charge in [-0.15, -0.1) is 16.8 Å². The third-order valence-electron chi connectivity index (χ3n) is 3.42. The zero-order chi connectivity index (χ0) is 16.8. The zero-order valence-electron chi connectivity index (χ0n) is 13.4. The van der Waals surface area contributed by atoms with E-state index < -0.39 is 0 Å². The van der Waals surface area contributed by atoms with Gasteiger partial charge in [-0.25, -0.2) is 0 Å². The molecule has 0 saturated heterocycles. The Morgan fingerprint density at radius 3 is 2.88 bits per heavy atom. The maximum atomic E-state index is 5.27. The summed E-state index contributed by atoms with van der Waals surface area (Å²) in [5, 5.41) is 9.48. The molecule has 0 amide bonds. The molecule has 3 aromatic rings. The van der Waals surface area contributed by atoms with Crippen molar-refractivity contribution in [3.63, 3.8) is 0 Å². The zero-order valence-corrected chi connectivity index (χ0v) is 14.2. The molecule has 0 spiro atoms. The molecule has 2 aromatic heterocycles. The smallest absolute Gasteiger partial charge is 0.192 e. The lowest BCUT2D eigenvalue weighted by Crippen LogP contribution is -2.01. The van der Waals surface area contributed by atoms with Crippen LogP contribution in [0, 0.1) is 0 Å². The van der Waals surface area contributed by atoms with E-state index in [9.17, 15) is 0 Å². The molecule has 0 saturated carbocycles. The molecule has 0 aliphatic carbocycles. The fourth-order valence-corrected chi connectivity index (χ4v) is 3.17. The number of hydrogen-bond acceptors (Lipinski definition) is 5. The van der Waals surface area contributed by atoms with Crippen LogP contribution in [0.4, 0.5) is 0 Å². The highest BCUT2D eigenvalue weighted by Crippen LogP contribution is 2.26. The van der Waals surface area contributed by atoms with E-state index in [1.807, 2.05) is 47.0 Å². The van der Waals surface area contributed by atoms with Crippen molar-refractivity contribution in [2.45, 2.75) is 17.5 Å². The Bertz CT molecular complexity index is 817. The first kappa shape index (κ1) is 16.3. The Morgan fingerprint density at radius 1 is 1.21 bits per heavy atom. The monoisotopic (exact) mass is 338 g/mol. The Hall–Kier alpha value is -2.60. The molecular weight excluding hydrogens is 320 g/mol. The number of ether oxygens (including phenoxy) is 1. The van der Waals surface area contributed by atoms with Crippen LogP contribution in [-0.2, 0) is 12.3 Å². The van der Waals surface area contributed by atoms with Gasteiger partial charge in [0.25, 0.3) is 0 Å². The number of pyridine rings is 1. The summed E-state index contributed by atoms with van der Waals surface area (Å²) in [5.74, 6) is 2.40. The molecular formula is C18H18N4OS. The largest absolute Gasteiger partial charge is 0.497 e. The fraction of sp³-hybridized carbons (Fsp3) is 0.167. The molecule has 3 rings (SSSR count). The molecule has 2 heterocycles. The van der Waals surface area contributed by atoms with Gasteiger partial charge in [0, 0.05) is 18.5 Å². The van der Waals surface area contributed by atoms with E-state index in [-0.39, 0.29) is 0 Å². The fourth-order valence-electron chi connectivity index (χ4n) is 2.28. The van der Waals surface area contributed by atoms with Crippen molar-refractivity contribution in [3.05, 3.63) is 66.9 Å². The van der Waals surface area contributed by atoms with Gasteiger partial charge in [-0.2, -0.15) is 0 Å². The predicted octanol–water partition coefficient (Wildman–Crippen LogP) is 3.83. The third-order valence-corrected chi connectivity index (χ3v) is 4.46. The van der Waals surface area contributed by atoms with Crippen molar-refractivity contribution in [2.24, 2.45) is 0 Å². The quantitative estimate of drug-likeness (QED) is 0.484. The van der Waals surface area contributed by atoms with Gasteiger partial charge in [-0.3, -0.25) is 9.55 Å². The number of allylic oxidation sites excluding steroid dienone is 1. The normalized spacial score (nSPS) is 10.5. The summed E-state index contributed by atoms with van der Waals surface area (Å²) in [6.45, 7) is 4.47. The molecule has 0 atom stereocenters. The van der Waals surface area contributed by atoms with Crippen LogP contribution in [0.25, 0.3) is 11.5 Å². The van der Waals surface area contributed by atoms with E-state index in [1.165, 1.54) is 5.56 Å². The molecule has 0 radical (unpaired) electrons. The SMILES string of the molecule is C=CCn1c(SCc2cccc(OC)c2)nnc1-c1ccccn1. The van der Waals surface area contributed by atoms with E-state index in [0.717, 1.165) is 28.2 Å². The predicted molar refractivity (Wildman–Crippen MR) is 96.0 cm³/mol. The molecule has 24 heavy (non-hydrogen) atoms. The van der Waals surface area contributed by atoms with Crippen LogP contribution in [0.15, 0.2) is 66.5 Å². The van der Waals surface area contributed by atoms with Crippen molar-refractivity contribution in [2.75, 3.05) is 7.11 Å². The first-order valence-electron chi connectivity index (χ1n) is 7.53. The second-order valence-electron chi connectivity index (χ2n) is 5.06. The van der Waals surface area contributed by atoms with Gasteiger partial charge in [-0.1, -0.05) is 36.0 Å². The average Bonchev–Trinajstić information content (AvgIpc) is 3.04. The van der Waals surface area contributed by atoms with Crippen LogP contribution in [0.1, 0.15) is 5.56 Å². The van der Waals surface area contributed by atoms with E-state index in [4.69, 9.17) is 4.74 Å². The number of aromatic nitrogens is 4. The third kappa shape index (κ3) is 3.65. The number of benzene rings is 1. The highest BCUT2D eigenvalue weighted by molar-refractivity contribution is 7.98. The van der Waals surface area contributed by atoms with Crippen molar-refractivity contribution < 1.29 is 4.74 Å². The highest BCUT2D eigenvalue weighted by Gasteiger charge is 2.14. The Morgan fingerprint density at radius 2 is 2.12 bits per heavy atom. The molecule has 5 nitrogen and oxygen atoms in total. The van der Waals surface area contributed by atoms with Crippen molar-refractivity contribution in [1.29, 1.82) is 0 Å². The van der Waals surface area contributed by atoms with Crippen LogP contribution >= 0.6 is 11.8 Å². The minimum atomic E-state index is 0.638. The van der Waals surface area contributed by atoms with Gasteiger partial charge in [0.05, 0.1) is 7.11 Å². The first-order valence-corrected chi connectivity index (χ1v) is 8.51. The van der Waals surface area contributed by atoms with E-state index in [0.29, 0.717) is 6.54 Å². The van der Waals surface area contributed by atoms with E-state index in [2.05, 4.69) is 27.8 Å². The topological polar surface area (TPSA) is 52.8 Å². The Kier molecular flexibility index (Phi) is 5.28. The summed E-state index contributed by atoms with van der Waals surface area (Å²) in [4.78, 5) is 4.36. The number of hydrogen-bond donors (Lipinski definition) is 0. The number of methoxy groups -OCH3 is 1. The minimum Gasteiger partial charge on any atom is -0.497 e. The number of nitrogens with zero attached hydrogens (tertiary/aromatic N) is 4. The summed E-state index contributed by atoms with van der Waals surface area (Å²) in [6, 6.07) is 13.8. The standard InChI is InChI=1S/C18H18N4OS/c1-3-11-22-17(16-9-4-5-10-19-16)20-21-18(22)24-13-14-7-6-8-15(12-14)23-2/h3-10,12H,1,11,13H2,2H3. The first-order chi connectivity index (χ1) is 11.8. The van der Waals surface area contributed by atoms with E-state index in [1.54, 1.807) is 25.1 Å². The Balaban J connectivity index is 1.83. The minimum absolute atomic E-state index is 0.638. The molecule has 0 fully saturated rings. The van der Waals surface area contributed by atoms with Crippen LogP contribution in [0.2, 0.25) is 0 Å². The second kappa shape index (κ2) is 7.79.